The summed E-state index contributed by atoms with van der Waals surface area (Å²) in [5.41, 5.74) is 1.69. The van der Waals surface area contributed by atoms with Crippen LogP contribution in [0.3, 0.4) is 0 Å². The second-order valence-corrected chi connectivity index (χ2v) is 17.7. The van der Waals surface area contributed by atoms with Gasteiger partial charge in [0.1, 0.15) is 24.7 Å². The molecule has 226 valence electrons. The fourth-order valence-corrected chi connectivity index (χ4v) is 5.68. The fourth-order valence-electron chi connectivity index (χ4n) is 4.92. The normalized spacial score (nSPS) is 14.3. The molecular weight excluding hydrogens is 570 g/mol. The molecule has 3 heterocycles. The van der Waals surface area contributed by atoms with Crippen LogP contribution < -0.4 is 10.2 Å². The lowest BCUT2D eigenvalue weighted by atomic mass is 10.1. The van der Waals surface area contributed by atoms with Gasteiger partial charge in [0.05, 0.1) is 23.0 Å². The van der Waals surface area contributed by atoms with Crippen LogP contribution in [0.4, 0.5) is 20.2 Å². The molecule has 1 N–H and O–H groups in total. The molecule has 12 heteroatoms. The zero-order valence-corrected chi connectivity index (χ0v) is 25.9. The number of aldehydes is 1. The second kappa shape index (κ2) is 12.7. The van der Waals surface area contributed by atoms with E-state index in [-0.39, 0.29) is 23.7 Å². The number of aromatic nitrogens is 3. The number of piperazine rings is 1. The Morgan fingerprint density at radius 2 is 1.72 bits per heavy atom. The van der Waals surface area contributed by atoms with Gasteiger partial charge < -0.3 is 19.9 Å². The van der Waals surface area contributed by atoms with Gasteiger partial charge in [-0.15, -0.1) is 0 Å². The van der Waals surface area contributed by atoms with E-state index in [0.29, 0.717) is 29.5 Å². The van der Waals surface area contributed by atoms with Crippen molar-refractivity contribution in [2.24, 2.45) is 0 Å². The molecule has 2 aromatic heterocycles. The smallest absolute Gasteiger partial charge is 0.276 e. The van der Waals surface area contributed by atoms with Crippen molar-refractivity contribution in [3.63, 3.8) is 0 Å². The van der Waals surface area contributed by atoms with Gasteiger partial charge in [-0.3, -0.25) is 14.6 Å². The highest BCUT2D eigenvalue weighted by atomic mass is 28.3. The number of carbonyl (C=O) groups excluding carboxylic acids is 2. The van der Waals surface area contributed by atoms with E-state index < -0.39 is 31.2 Å². The Kier molecular flexibility index (Phi) is 8.99. The van der Waals surface area contributed by atoms with Crippen molar-refractivity contribution in [2.45, 2.75) is 32.4 Å². The molecule has 0 saturated carbocycles. The van der Waals surface area contributed by atoms with Gasteiger partial charge in [-0.1, -0.05) is 19.6 Å². The predicted octanol–water partition coefficient (Wildman–Crippen LogP) is 5.51. The monoisotopic (exact) mass is 606 g/mol. The zero-order valence-electron chi connectivity index (χ0n) is 24.9. The number of fused-ring (bicyclic) bond motifs is 1. The average molecular weight is 607 g/mol. The molecule has 0 bridgehead atoms. The molecule has 0 atom stereocenters. The van der Waals surface area contributed by atoms with Gasteiger partial charge in [-0.2, -0.15) is 5.10 Å². The number of nitrogens with one attached hydrogen (secondary N) is 1. The lowest BCUT2D eigenvalue weighted by Gasteiger charge is -2.34. The van der Waals surface area contributed by atoms with Crippen LogP contribution in [0.25, 0.3) is 22.2 Å². The Bertz CT molecular complexity index is 1610. The third-order valence-corrected chi connectivity index (χ3v) is 9.22. The molecule has 5 rings (SSSR count). The van der Waals surface area contributed by atoms with Gasteiger partial charge in [0.25, 0.3) is 5.91 Å². The molecular formula is C31H36F2N6O3Si. The molecule has 43 heavy (non-hydrogen) atoms. The highest BCUT2D eigenvalue weighted by molar-refractivity contribution is 6.76. The largest absolute Gasteiger partial charge is 0.369 e. The van der Waals surface area contributed by atoms with Crippen LogP contribution in [0.15, 0.2) is 48.7 Å². The van der Waals surface area contributed by atoms with Crippen molar-refractivity contribution in [1.82, 2.24) is 19.7 Å². The Morgan fingerprint density at radius 1 is 1.05 bits per heavy atom. The van der Waals surface area contributed by atoms with Gasteiger partial charge in [0.15, 0.2) is 5.69 Å². The van der Waals surface area contributed by atoms with Gasteiger partial charge in [-0.25, -0.2) is 13.5 Å². The van der Waals surface area contributed by atoms with Crippen molar-refractivity contribution in [3.8, 4) is 11.3 Å². The van der Waals surface area contributed by atoms with E-state index in [9.17, 15) is 18.4 Å². The summed E-state index contributed by atoms with van der Waals surface area (Å²) in [6.45, 7) is 11.2. The summed E-state index contributed by atoms with van der Waals surface area (Å²) >= 11 is 0. The molecule has 1 amide bonds. The lowest BCUT2D eigenvalue weighted by molar-refractivity contribution is 0.0809. The van der Waals surface area contributed by atoms with Crippen molar-refractivity contribution in [3.05, 3.63) is 71.6 Å². The lowest BCUT2D eigenvalue weighted by Crippen LogP contribution is -2.44. The summed E-state index contributed by atoms with van der Waals surface area (Å²) in [5.74, 6) is -2.34. The highest BCUT2D eigenvalue weighted by Crippen LogP contribution is 2.30. The zero-order chi connectivity index (χ0) is 30.7. The average Bonchev–Trinajstić information content (AvgIpc) is 3.33. The van der Waals surface area contributed by atoms with Crippen molar-refractivity contribution >= 4 is 42.5 Å². The first-order valence-corrected chi connectivity index (χ1v) is 18.0. The summed E-state index contributed by atoms with van der Waals surface area (Å²) in [6.07, 6.45) is 1.80. The Labute approximate surface area is 250 Å². The van der Waals surface area contributed by atoms with Crippen LogP contribution in [0, 0.1) is 11.6 Å². The van der Waals surface area contributed by atoms with Crippen LogP contribution in [-0.2, 0) is 11.5 Å². The molecule has 4 aromatic rings. The number of halogens is 2. The number of benzene rings is 2. The van der Waals surface area contributed by atoms with Crippen LogP contribution in [0.5, 0.6) is 0 Å². The first-order chi connectivity index (χ1) is 20.5. The number of pyridine rings is 1. The van der Waals surface area contributed by atoms with Crippen LogP contribution in [-0.4, -0.2) is 79.8 Å². The minimum atomic E-state index is -1.32. The number of amides is 1. The predicted molar refractivity (Wildman–Crippen MR) is 166 cm³/mol. The van der Waals surface area contributed by atoms with E-state index >= 15 is 0 Å². The van der Waals surface area contributed by atoms with Crippen molar-refractivity contribution < 1.29 is 23.1 Å². The summed E-state index contributed by atoms with van der Waals surface area (Å²) in [6, 6.07) is 11.9. The molecule has 1 saturated heterocycles. The van der Waals surface area contributed by atoms with E-state index in [4.69, 9.17) is 4.74 Å². The van der Waals surface area contributed by atoms with Crippen molar-refractivity contribution in [1.29, 1.82) is 0 Å². The van der Waals surface area contributed by atoms with Gasteiger partial charge in [0, 0.05) is 63.2 Å². The molecule has 2 aromatic carbocycles. The standard InChI is InChI=1S/C31H36F2N6O3Si/c1-37-9-11-38(12-10-37)23-7-5-22(6-8-23)35-31(41)30-24-17-27(29-25(32)15-21(19-40)16-26(29)33)34-18-28(24)39(36-30)20-42-13-14-43(2,3)4/h5-8,15-19H,9-14,20H2,1-4H3,(H,35,41). The van der Waals surface area contributed by atoms with Gasteiger partial charge in [-0.05, 0) is 55.6 Å². The van der Waals surface area contributed by atoms with Crippen molar-refractivity contribution in [2.75, 3.05) is 50.1 Å². The highest BCUT2D eigenvalue weighted by Gasteiger charge is 2.22. The van der Waals surface area contributed by atoms with Gasteiger partial charge in [0.2, 0.25) is 0 Å². The maximum atomic E-state index is 14.9. The summed E-state index contributed by atoms with van der Waals surface area (Å²) in [5, 5.41) is 7.79. The van der Waals surface area contributed by atoms with E-state index in [0.717, 1.165) is 50.0 Å². The number of likely N-dealkylation sites (N-methyl/N-ethyl adjacent to an activating group) is 1. The minimum absolute atomic E-state index is 0.0234. The number of rotatable bonds is 10. The van der Waals surface area contributed by atoms with Gasteiger partial charge >= 0.3 is 0 Å². The van der Waals surface area contributed by atoms with Crippen LogP contribution in [0.2, 0.25) is 25.7 Å². The molecule has 0 spiro atoms. The number of nitrogens with zero attached hydrogens (tertiary/aromatic N) is 5. The number of hydrogen-bond donors (Lipinski definition) is 1. The maximum absolute atomic E-state index is 14.9. The quantitative estimate of drug-likeness (QED) is 0.145. The van der Waals surface area contributed by atoms with Crippen LogP contribution in [0.1, 0.15) is 20.8 Å². The third kappa shape index (κ3) is 7.15. The molecule has 1 fully saturated rings. The first-order valence-electron chi connectivity index (χ1n) is 14.3. The molecule has 9 nitrogen and oxygen atoms in total. The Morgan fingerprint density at radius 3 is 2.35 bits per heavy atom. The number of anilines is 2. The second-order valence-electron chi connectivity index (χ2n) is 12.1. The topological polar surface area (TPSA) is 92.6 Å². The molecule has 0 radical (unpaired) electrons. The SMILES string of the molecule is CN1CCN(c2ccc(NC(=O)c3nn(COCC[Si](C)(C)C)c4cnc(-c5c(F)cc(C=O)cc5F)cc34)cc2)CC1. The van der Waals surface area contributed by atoms with E-state index in [1.54, 1.807) is 0 Å². The summed E-state index contributed by atoms with van der Waals surface area (Å²) in [4.78, 5) is 33.5. The van der Waals surface area contributed by atoms with E-state index in [1.165, 1.54) is 16.9 Å². The molecule has 1 aliphatic heterocycles. The van der Waals surface area contributed by atoms with Crippen LogP contribution >= 0.6 is 0 Å². The number of hydrogen-bond acceptors (Lipinski definition) is 7. The molecule has 0 aliphatic carbocycles. The Hall–Kier alpha value is -4.00. The van der Waals surface area contributed by atoms with E-state index in [1.807, 2.05) is 24.3 Å². The minimum Gasteiger partial charge on any atom is -0.369 e. The first kappa shape index (κ1) is 30.5. The van der Waals surface area contributed by atoms with E-state index in [2.05, 4.69) is 51.9 Å². The maximum Gasteiger partial charge on any atom is 0.276 e. The molecule has 0 unspecified atom stereocenters. The summed E-state index contributed by atoms with van der Waals surface area (Å²) in [7, 11) is 0.792. The number of carbonyl (C=O) groups is 2. The number of ether oxygens (including phenoxy) is 1. The summed E-state index contributed by atoms with van der Waals surface area (Å²) < 4.78 is 37.1. The fraction of sp³-hybridized carbons (Fsp3) is 0.355. The third-order valence-electron chi connectivity index (χ3n) is 7.51. The molecule has 1 aliphatic rings. The Balaban J connectivity index is 1.44.